The monoisotopic (exact) mass is 474 g/mol. The van der Waals surface area contributed by atoms with E-state index in [1.165, 1.54) is 0 Å². The van der Waals surface area contributed by atoms with E-state index in [0.717, 1.165) is 61.1 Å². The number of carbonyl (C=O) groups excluding carboxylic acids is 1. The Morgan fingerprint density at radius 3 is 2.53 bits per heavy atom. The molecule has 1 aromatic carbocycles. The van der Waals surface area contributed by atoms with E-state index in [-0.39, 0.29) is 18.3 Å². The van der Waals surface area contributed by atoms with E-state index in [1.54, 1.807) is 19.4 Å². The second kappa shape index (κ2) is 10.4. The van der Waals surface area contributed by atoms with E-state index < -0.39 is 0 Å². The van der Waals surface area contributed by atoms with E-state index in [9.17, 15) is 4.79 Å². The predicted octanol–water partition coefficient (Wildman–Crippen LogP) is 6.09. The van der Waals surface area contributed by atoms with Gasteiger partial charge in [0, 0.05) is 41.5 Å². The van der Waals surface area contributed by atoms with Gasteiger partial charge in [-0.1, -0.05) is 24.4 Å². The lowest BCUT2D eigenvalue weighted by Crippen LogP contribution is -2.32. The van der Waals surface area contributed by atoms with Crippen LogP contribution in [0.1, 0.15) is 47.3 Å². The Kier molecular flexibility index (Phi) is 7.80. The van der Waals surface area contributed by atoms with Crippen LogP contribution in [0.5, 0.6) is 5.75 Å². The molecule has 4 rings (SSSR count). The molecule has 0 unspecified atom stereocenters. The quantitative estimate of drug-likeness (QED) is 0.495. The van der Waals surface area contributed by atoms with E-state index in [2.05, 4.69) is 15.3 Å². The van der Waals surface area contributed by atoms with Gasteiger partial charge in [-0.2, -0.15) is 0 Å². The van der Waals surface area contributed by atoms with Crippen LogP contribution in [-0.2, 0) is 0 Å². The molecule has 1 saturated heterocycles. The molecule has 0 atom stereocenters. The Morgan fingerprint density at radius 1 is 1.12 bits per heavy atom. The largest absolute Gasteiger partial charge is 0.495 e. The number of pyridine rings is 2. The smallest absolute Gasteiger partial charge is 0.257 e. The van der Waals surface area contributed by atoms with Gasteiger partial charge in [0.15, 0.2) is 5.65 Å². The lowest BCUT2D eigenvalue weighted by atomic mass is 10.1. The number of aromatic nitrogens is 2. The summed E-state index contributed by atoms with van der Waals surface area (Å²) in [7, 11) is 1.60. The van der Waals surface area contributed by atoms with Gasteiger partial charge in [-0.05, 0) is 50.5 Å². The first-order valence-electron chi connectivity index (χ1n) is 10.6. The second-order valence-corrected chi connectivity index (χ2v) is 8.41. The summed E-state index contributed by atoms with van der Waals surface area (Å²) in [5, 5.41) is 4.86. The molecule has 3 heterocycles. The summed E-state index contributed by atoms with van der Waals surface area (Å²) in [6.45, 7) is 5.40. The number of rotatable bonds is 4. The van der Waals surface area contributed by atoms with Crippen molar-refractivity contribution in [1.29, 1.82) is 0 Å². The Balaban J connectivity index is 0.00000289. The van der Waals surface area contributed by atoms with Crippen molar-refractivity contribution in [2.24, 2.45) is 0 Å². The van der Waals surface area contributed by atoms with Crippen LogP contribution in [0.25, 0.3) is 11.0 Å². The third-order valence-electron chi connectivity index (χ3n) is 5.73. The number of fused-ring (bicyclic) bond motifs is 1. The molecule has 1 aliphatic rings. The lowest BCUT2D eigenvalue weighted by molar-refractivity contribution is 0.0762. The third-order valence-corrected chi connectivity index (χ3v) is 6.14. The summed E-state index contributed by atoms with van der Waals surface area (Å²) in [5.74, 6) is 0.595. The molecule has 3 aromatic rings. The van der Waals surface area contributed by atoms with Gasteiger partial charge in [0.2, 0.25) is 0 Å². The number of nitrogens with zero attached hydrogens (tertiary/aromatic N) is 3. The molecule has 0 saturated carbocycles. The zero-order valence-corrected chi connectivity index (χ0v) is 20.1. The zero-order valence-electron chi connectivity index (χ0n) is 18.6. The average molecular weight is 475 g/mol. The highest BCUT2D eigenvalue weighted by atomic mass is 35.5. The number of carbonyl (C=O) groups is 1. The standard InChI is InChI=1S/C24H27ClN4O2.ClH/c1-15-12-20(21(31-3)13-19(15)25)28-22-17-9-8-16(2)27-23(17)26-14-18(22)24(30)29-10-6-4-5-7-11-29;/h8-9,12-14H,4-7,10-11H2,1-3H3,(H,26,27,28);1H. The maximum Gasteiger partial charge on any atom is 0.257 e. The van der Waals surface area contributed by atoms with Crippen molar-refractivity contribution in [1.82, 2.24) is 14.9 Å². The van der Waals surface area contributed by atoms with Gasteiger partial charge in [0.1, 0.15) is 5.75 Å². The van der Waals surface area contributed by atoms with Crippen LogP contribution in [0, 0.1) is 13.8 Å². The highest BCUT2D eigenvalue weighted by Crippen LogP contribution is 2.36. The van der Waals surface area contributed by atoms with Crippen molar-refractivity contribution in [3.05, 3.63) is 52.3 Å². The fraction of sp³-hybridized carbons (Fsp3) is 0.375. The van der Waals surface area contributed by atoms with Crippen LogP contribution in [0.3, 0.4) is 0 Å². The van der Waals surface area contributed by atoms with Crippen molar-refractivity contribution in [2.45, 2.75) is 39.5 Å². The van der Waals surface area contributed by atoms with E-state index in [4.69, 9.17) is 16.3 Å². The summed E-state index contributed by atoms with van der Waals surface area (Å²) >= 11 is 6.29. The molecule has 0 radical (unpaired) electrons. The molecule has 1 aliphatic heterocycles. The maximum atomic E-state index is 13.5. The highest BCUT2D eigenvalue weighted by molar-refractivity contribution is 6.31. The lowest BCUT2D eigenvalue weighted by Gasteiger charge is -2.23. The van der Waals surface area contributed by atoms with Gasteiger partial charge in [-0.3, -0.25) is 4.79 Å². The molecule has 32 heavy (non-hydrogen) atoms. The fourth-order valence-corrected chi connectivity index (χ4v) is 4.13. The number of benzene rings is 1. The topological polar surface area (TPSA) is 67.3 Å². The van der Waals surface area contributed by atoms with Gasteiger partial charge in [0.25, 0.3) is 5.91 Å². The minimum Gasteiger partial charge on any atom is -0.495 e. The highest BCUT2D eigenvalue weighted by Gasteiger charge is 2.23. The number of aryl methyl sites for hydroxylation is 2. The number of amides is 1. The molecule has 1 amide bonds. The average Bonchev–Trinajstić information content (AvgIpc) is 3.05. The number of anilines is 2. The molecule has 2 aromatic heterocycles. The van der Waals surface area contributed by atoms with Gasteiger partial charge < -0.3 is 15.0 Å². The molecular formula is C24H28Cl2N4O2. The number of methoxy groups -OCH3 is 1. The summed E-state index contributed by atoms with van der Waals surface area (Å²) in [6, 6.07) is 7.59. The first-order valence-corrected chi connectivity index (χ1v) is 11.0. The van der Waals surface area contributed by atoms with Crippen LogP contribution in [0.15, 0.2) is 30.5 Å². The minimum absolute atomic E-state index is 0. The number of nitrogens with one attached hydrogen (secondary N) is 1. The predicted molar refractivity (Wildman–Crippen MR) is 132 cm³/mol. The molecule has 170 valence electrons. The molecule has 0 bridgehead atoms. The molecule has 6 nitrogen and oxygen atoms in total. The molecule has 1 N–H and O–H groups in total. The van der Waals surface area contributed by atoms with Crippen molar-refractivity contribution in [3.8, 4) is 5.75 Å². The Labute approximate surface area is 199 Å². The van der Waals surface area contributed by atoms with Crippen LogP contribution < -0.4 is 10.1 Å². The number of likely N-dealkylation sites (tertiary alicyclic amines) is 1. The maximum absolute atomic E-state index is 13.5. The van der Waals surface area contributed by atoms with E-state index in [0.29, 0.717) is 27.7 Å². The van der Waals surface area contributed by atoms with Crippen molar-refractivity contribution < 1.29 is 9.53 Å². The molecule has 8 heteroatoms. The summed E-state index contributed by atoms with van der Waals surface area (Å²) < 4.78 is 5.54. The number of ether oxygens (including phenoxy) is 1. The van der Waals surface area contributed by atoms with Crippen LogP contribution in [-0.4, -0.2) is 41.0 Å². The summed E-state index contributed by atoms with van der Waals surface area (Å²) in [6.07, 6.45) is 6.02. The van der Waals surface area contributed by atoms with E-state index >= 15 is 0 Å². The fourth-order valence-electron chi connectivity index (χ4n) is 3.98. The van der Waals surface area contributed by atoms with Gasteiger partial charge >= 0.3 is 0 Å². The number of halogens is 2. The Morgan fingerprint density at radius 2 is 1.84 bits per heavy atom. The second-order valence-electron chi connectivity index (χ2n) is 8.00. The zero-order chi connectivity index (χ0) is 22.0. The van der Waals surface area contributed by atoms with Crippen molar-refractivity contribution in [2.75, 3.05) is 25.5 Å². The SMILES string of the molecule is COc1cc(Cl)c(C)cc1Nc1c(C(=O)N2CCCCCC2)cnc2nc(C)ccc12.Cl. The third kappa shape index (κ3) is 4.92. The Hall–Kier alpha value is -2.57. The first-order chi connectivity index (χ1) is 15.0. The summed E-state index contributed by atoms with van der Waals surface area (Å²) in [4.78, 5) is 24.5. The number of hydrogen-bond donors (Lipinski definition) is 1. The normalized spacial score (nSPS) is 13.9. The minimum atomic E-state index is -0.0102. The van der Waals surface area contributed by atoms with Gasteiger partial charge in [0.05, 0.1) is 24.0 Å². The van der Waals surface area contributed by atoms with Crippen molar-refractivity contribution >= 4 is 52.3 Å². The molecule has 0 spiro atoms. The van der Waals surface area contributed by atoms with Gasteiger partial charge in [-0.25, -0.2) is 9.97 Å². The molecule has 1 fully saturated rings. The van der Waals surface area contributed by atoms with Crippen molar-refractivity contribution in [3.63, 3.8) is 0 Å². The molecule has 0 aliphatic carbocycles. The van der Waals surface area contributed by atoms with E-state index in [1.807, 2.05) is 36.9 Å². The summed E-state index contributed by atoms with van der Waals surface area (Å²) in [5.41, 5.74) is 4.35. The Bertz CT molecular complexity index is 1130. The van der Waals surface area contributed by atoms with Gasteiger partial charge in [-0.15, -0.1) is 12.4 Å². The van der Waals surface area contributed by atoms with Crippen LogP contribution in [0.2, 0.25) is 5.02 Å². The molecular weight excluding hydrogens is 447 g/mol. The van der Waals surface area contributed by atoms with Crippen LogP contribution >= 0.6 is 24.0 Å². The first kappa shape index (κ1) is 24.1. The van der Waals surface area contributed by atoms with Crippen LogP contribution in [0.4, 0.5) is 11.4 Å². The number of hydrogen-bond acceptors (Lipinski definition) is 5.